The number of hydrogen-bond acceptors (Lipinski definition) is 7. The van der Waals surface area contributed by atoms with Gasteiger partial charge in [0, 0.05) is 50.3 Å². The predicted octanol–water partition coefficient (Wildman–Crippen LogP) is 3.30. The zero-order valence-electron chi connectivity index (χ0n) is 20.6. The maximum atomic E-state index is 12.8. The number of pyridine rings is 1. The van der Waals surface area contributed by atoms with Crippen molar-refractivity contribution in [1.82, 2.24) is 26.3 Å². The molecule has 4 atom stereocenters. The minimum Gasteiger partial charge on any atom is -0.421 e. The normalized spacial score (nSPS) is 28.0. The molecule has 2 heterocycles. The summed E-state index contributed by atoms with van der Waals surface area (Å²) in [6.07, 6.45) is 9.83. The van der Waals surface area contributed by atoms with Crippen molar-refractivity contribution in [3.05, 3.63) is 59.4 Å². The van der Waals surface area contributed by atoms with Gasteiger partial charge >= 0.3 is 5.97 Å². The van der Waals surface area contributed by atoms with Crippen LogP contribution < -0.4 is 26.0 Å². The number of aromatic nitrogens is 1. The topological polar surface area (TPSA) is 87.3 Å². The molecule has 0 amide bonds. The lowest BCUT2D eigenvalue weighted by molar-refractivity contribution is 0.0731. The van der Waals surface area contributed by atoms with Gasteiger partial charge in [-0.1, -0.05) is 43.9 Å². The molecule has 7 heteroatoms. The van der Waals surface area contributed by atoms with Crippen LogP contribution in [0.15, 0.2) is 42.5 Å². The fraction of sp³-hybridized carbons (Fsp3) is 0.571. The lowest BCUT2D eigenvalue weighted by atomic mass is 9.89. The molecule has 2 aromatic rings. The second kappa shape index (κ2) is 12.1. The SMILES string of the molecule is O=C(Oc1ccc2nc1CN[C@@H]1CCCC[C@H]1NCCNC1CCCCC1NC2)c1ccccc1. The van der Waals surface area contributed by atoms with E-state index in [0.717, 1.165) is 30.9 Å². The number of carbonyl (C=O) groups excluding carboxylic acids is 1. The monoisotopic (exact) mass is 477 g/mol. The Labute approximate surface area is 208 Å². The molecule has 2 aliphatic carbocycles. The van der Waals surface area contributed by atoms with Crippen LogP contribution in [0.5, 0.6) is 5.75 Å². The van der Waals surface area contributed by atoms with E-state index in [1.807, 2.05) is 30.3 Å². The summed E-state index contributed by atoms with van der Waals surface area (Å²) in [5.41, 5.74) is 2.33. The van der Waals surface area contributed by atoms with Gasteiger partial charge in [0.2, 0.25) is 0 Å². The summed E-state index contributed by atoms with van der Waals surface area (Å²) in [6, 6.07) is 14.8. The molecule has 188 valence electrons. The molecule has 5 rings (SSSR count). The number of carbonyl (C=O) groups is 1. The first-order chi connectivity index (χ1) is 17.3. The molecule has 1 aliphatic heterocycles. The second-order valence-electron chi connectivity index (χ2n) is 10.2. The van der Waals surface area contributed by atoms with Gasteiger partial charge < -0.3 is 26.0 Å². The van der Waals surface area contributed by atoms with Crippen molar-refractivity contribution in [3.63, 3.8) is 0 Å². The molecule has 35 heavy (non-hydrogen) atoms. The number of fused-ring (bicyclic) bond motifs is 4. The molecule has 1 aromatic heterocycles. The van der Waals surface area contributed by atoms with E-state index in [4.69, 9.17) is 9.72 Å². The Balaban J connectivity index is 1.37. The molecule has 2 saturated carbocycles. The summed E-state index contributed by atoms with van der Waals surface area (Å²) in [4.78, 5) is 17.7. The Morgan fingerprint density at radius 3 is 1.91 bits per heavy atom. The smallest absolute Gasteiger partial charge is 0.343 e. The van der Waals surface area contributed by atoms with E-state index in [0.29, 0.717) is 48.6 Å². The number of benzene rings is 1. The van der Waals surface area contributed by atoms with Crippen molar-refractivity contribution in [2.75, 3.05) is 13.1 Å². The molecular formula is C28H39N5O2. The summed E-state index contributed by atoms with van der Waals surface area (Å²) in [5.74, 6) is 0.190. The van der Waals surface area contributed by atoms with Gasteiger partial charge in [0.15, 0.2) is 5.75 Å². The summed E-state index contributed by atoms with van der Waals surface area (Å²) in [6.45, 7) is 3.28. The van der Waals surface area contributed by atoms with Gasteiger partial charge in [-0.3, -0.25) is 4.98 Å². The number of ether oxygens (including phenoxy) is 1. The van der Waals surface area contributed by atoms with Gasteiger partial charge in [-0.15, -0.1) is 0 Å². The van der Waals surface area contributed by atoms with E-state index < -0.39 is 0 Å². The highest BCUT2D eigenvalue weighted by atomic mass is 16.5. The lowest BCUT2D eigenvalue weighted by Gasteiger charge is -2.34. The number of esters is 1. The molecule has 1 aromatic carbocycles. The van der Waals surface area contributed by atoms with Crippen LogP contribution >= 0.6 is 0 Å². The van der Waals surface area contributed by atoms with E-state index in [1.54, 1.807) is 12.1 Å². The number of rotatable bonds is 2. The van der Waals surface area contributed by atoms with Gasteiger partial charge in [0.05, 0.1) is 17.0 Å². The summed E-state index contributed by atoms with van der Waals surface area (Å²) in [7, 11) is 0. The minimum atomic E-state index is -0.348. The number of nitrogens with zero attached hydrogens (tertiary/aromatic N) is 1. The average Bonchev–Trinajstić information content (AvgIpc) is 2.91. The summed E-state index contributed by atoms with van der Waals surface area (Å²) in [5, 5.41) is 15.1. The first-order valence-corrected chi connectivity index (χ1v) is 13.5. The standard InChI is InChI=1S/C28H39N5O2/c34-28(20-8-2-1-3-9-20)35-27-15-14-21-18-31-24-12-6-4-10-22(24)29-16-17-30-23-11-5-7-13-25(23)32-19-26(27)33-21/h1-3,8-9,14-15,22-25,29-32H,4-7,10-13,16-19H2/t22?,23-,24?,25-/m1/s1. The van der Waals surface area contributed by atoms with Crippen LogP contribution in [0.1, 0.15) is 73.1 Å². The fourth-order valence-electron chi connectivity index (χ4n) is 5.80. The van der Waals surface area contributed by atoms with Crippen molar-refractivity contribution in [2.45, 2.75) is 88.6 Å². The Morgan fingerprint density at radius 1 is 0.714 bits per heavy atom. The zero-order valence-corrected chi connectivity index (χ0v) is 20.6. The molecule has 0 radical (unpaired) electrons. The summed E-state index contributed by atoms with van der Waals surface area (Å²) < 4.78 is 5.83. The van der Waals surface area contributed by atoms with Crippen molar-refractivity contribution in [2.24, 2.45) is 0 Å². The van der Waals surface area contributed by atoms with E-state index in [1.165, 1.54) is 44.9 Å². The Bertz CT molecular complexity index is 969. The van der Waals surface area contributed by atoms with Crippen LogP contribution in [0.4, 0.5) is 0 Å². The molecule has 0 spiro atoms. The third-order valence-electron chi connectivity index (χ3n) is 7.75. The molecule has 4 N–H and O–H groups in total. The lowest BCUT2D eigenvalue weighted by Crippen LogP contribution is -2.53. The molecule has 7 nitrogen and oxygen atoms in total. The van der Waals surface area contributed by atoms with Crippen LogP contribution in [0.3, 0.4) is 0 Å². The first kappa shape index (κ1) is 24.4. The Hall–Kier alpha value is -2.32. The van der Waals surface area contributed by atoms with Gasteiger partial charge in [-0.2, -0.15) is 0 Å². The Kier molecular flexibility index (Phi) is 8.42. The third-order valence-corrected chi connectivity index (χ3v) is 7.75. The average molecular weight is 478 g/mol. The molecule has 2 fully saturated rings. The highest BCUT2D eigenvalue weighted by molar-refractivity contribution is 5.91. The van der Waals surface area contributed by atoms with Crippen molar-refractivity contribution in [3.8, 4) is 5.75 Å². The van der Waals surface area contributed by atoms with Gasteiger partial charge in [-0.05, 0) is 49.9 Å². The van der Waals surface area contributed by atoms with Crippen molar-refractivity contribution < 1.29 is 9.53 Å². The van der Waals surface area contributed by atoms with Crippen LogP contribution in [0.25, 0.3) is 0 Å². The molecule has 2 unspecified atom stereocenters. The van der Waals surface area contributed by atoms with E-state index in [9.17, 15) is 4.79 Å². The van der Waals surface area contributed by atoms with Crippen molar-refractivity contribution >= 4 is 5.97 Å². The molecular weight excluding hydrogens is 438 g/mol. The van der Waals surface area contributed by atoms with Crippen molar-refractivity contribution in [1.29, 1.82) is 0 Å². The van der Waals surface area contributed by atoms with Crippen LogP contribution in [0, 0.1) is 0 Å². The molecule has 0 saturated heterocycles. The first-order valence-electron chi connectivity index (χ1n) is 13.5. The molecule has 3 aliphatic rings. The largest absolute Gasteiger partial charge is 0.421 e. The van der Waals surface area contributed by atoms with Crippen LogP contribution in [-0.2, 0) is 13.1 Å². The maximum absolute atomic E-state index is 12.8. The van der Waals surface area contributed by atoms with Crippen LogP contribution in [-0.4, -0.2) is 48.2 Å². The number of hydrogen-bond donors (Lipinski definition) is 4. The van der Waals surface area contributed by atoms with Gasteiger partial charge in [0.25, 0.3) is 0 Å². The van der Waals surface area contributed by atoms with Gasteiger partial charge in [-0.25, -0.2) is 4.79 Å². The quantitative estimate of drug-likeness (QED) is 0.494. The minimum absolute atomic E-state index is 0.348. The molecule has 2 bridgehead atoms. The second-order valence-corrected chi connectivity index (χ2v) is 10.2. The van der Waals surface area contributed by atoms with E-state index in [-0.39, 0.29) is 5.97 Å². The predicted molar refractivity (Wildman–Crippen MR) is 137 cm³/mol. The van der Waals surface area contributed by atoms with Crippen LogP contribution in [0.2, 0.25) is 0 Å². The highest BCUT2D eigenvalue weighted by Crippen LogP contribution is 2.23. The third kappa shape index (κ3) is 6.47. The summed E-state index contributed by atoms with van der Waals surface area (Å²) >= 11 is 0. The fourth-order valence-corrected chi connectivity index (χ4v) is 5.80. The maximum Gasteiger partial charge on any atom is 0.343 e. The zero-order chi connectivity index (χ0) is 23.9. The highest BCUT2D eigenvalue weighted by Gasteiger charge is 2.27. The Morgan fingerprint density at radius 2 is 1.29 bits per heavy atom. The number of nitrogens with one attached hydrogen (secondary N) is 4. The van der Waals surface area contributed by atoms with E-state index >= 15 is 0 Å². The van der Waals surface area contributed by atoms with E-state index in [2.05, 4.69) is 21.3 Å². The van der Waals surface area contributed by atoms with Gasteiger partial charge in [0.1, 0.15) is 0 Å².